The van der Waals surface area contributed by atoms with Crippen LogP contribution in [0.25, 0.3) is 0 Å². The molecule has 0 aliphatic rings. The zero-order valence-electron chi connectivity index (χ0n) is 12.3. The number of nitrogens with zero attached hydrogens (tertiary/aromatic N) is 3. The second-order valence-electron chi connectivity index (χ2n) is 5.19. The van der Waals surface area contributed by atoms with Gasteiger partial charge in [0, 0.05) is 18.8 Å². The predicted molar refractivity (Wildman–Crippen MR) is 80.0 cm³/mol. The topological polar surface area (TPSA) is 59.8 Å². The van der Waals surface area contributed by atoms with E-state index in [4.69, 9.17) is 0 Å². The summed E-state index contributed by atoms with van der Waals surface area (Å²) in [7, 11) is 0. The molecule has 0 spiro atoms. The molecule has 2 aromatic rings. The van der Waals surface area contributed by atoms with Crippen LogP contribution in [0.4, 0.5) is 0 Å². The molecule has 0 radical (unpaired) electrons. The second-order valence-corrected chi connectivity index (χ2v) is 6.05. The molecule has 6 heteroatoms. The van der Waals surface area contributed by atoms with E-state index in [-0.39, 0.29) is 5.91 Å². The molecule has 0 aliphatic carbocycles. The predicted octanol–water partition coefficient (Wildman–Crippen LogP) is 2.33. The first-order valence-corrected chi connectivity index (χ1v) is 7.54. The van der Waals surface area contributed by atoms with Gasteiger partial charge in [-0.3, -0.25) is 9.48 Å². The highest BCUT2D eigenvalue weighted by molar-refractivity contribution is 7.11. The maximum atomic E-state index is 12.0. The summed E-state index contributed by atoms with van der Waals surface area (Å²) >= 11 is 1.38. The fourth-order valence-corrected chi connectivity index (χ4v) is 2.81. The fraction of sp³-hybridized carbons (Fsp3) is 0.500. The Hall–Kier alpha value is -1.69. The molecule has 2 aromatic heterocycles. The molecule has 1 amide bonds. The third kappa shape index (κ3) is 3.45. The summed E-state index contributed by atoms with van der Waals surface area (Å²) in [5, 5.41) is 7.40. The van der Waals surface area contributed by atoms with Gasteiger partial charge in [0.1, 0.15) is 4.88 Å². The first-order chi connectivity index (χ1) is 9.47. The van der Waals surface area contributed by atoms with E-state index in [1.165, 1.54) is 11.3 Å². The standard InChI is InChI=1S/C14H20N4OS/c1-9(7-18-11(3)5-10(2)17-18)6-15-14(19)13-12(4)16-8-20-13/h5,8-9H,6-7H2,1-4H3,(H,15,19)/t9-/m1/s1. The summed E-state index contributed by atoms with van der Waals surface area (Å²) in [4.78, 5) is 16.8. The van der Waals surface area contributed by atoms with Gasteiger partial charge in [0.2, 0.25) is 0 Å². The molecule has 0 fully saturated rings. The highest BCUT2D eigenvalue weighted by atomic mass is 32.1. The molecule has 2 rings (SSSR count). The van der Waals surface area contributed by atoms with Crippen LogP contribution in [0.2, 0.25) is 0 Å². The number of nitrogens with one attached hydrogen (secondary N) is 1. The summed E-state index contributed by atoms with van der Waals surface area (Å²) in [6.45, 7) is 9.44. The van der Waals surface area contributed by atoms with Crippen LogP contribution >= 0.6 is 11.3 Å². The number of amides is 1. The number of hydrogen-bond acceptors (Lipinski definition) is 4. The molecular weight excluding hydrogens is 272 g/mol. The molecule has 5 nitrogen and oxygen atoms in total. The van der Waals surface area contributed by atoms with E-state index in [0.29, 0.717) is 17.3 Å². The number of aromatic nitrogens is 3. The van der Waals surface area contributed by atoms with Crippen molar-refractivity contribution < 1.29 is 4.79 Å². The number of carbonyl (C=O) groups excluding carboxylic acids is 1. The van der Waals surface area contributed by atoms with Crippen LogP contribution in [0.5, 0.6) is 0 Å². The van der Waals surface area contributed by atoms with Gasteiger partial charge in [-0.2, -0.15) is 5.10 Å². The average Bonchev–Trinajstić information content (AvgIpc) is 2.93. The van der Waals surface area contributed by atoms with Gasteiger partial charge in [-0.15, -0.1) is 11.3 Å². The van der Waals surface area contributed by atoms with E-state index in [2.05, 4.69) is 28.4 Å². The van der Waals surface area contributed by atoms with Gasteiger partial charge in [0.25, 0.3) is 5.91 Å². The lowest BCUT2D eigenvalue weighted by atomic mass is 10.2. The molecule has 20 heavy (non-hydrogen) atoms. The van der Waals surface area contributed by atoms with Crippen molar-refractivity contribution in [1.82, 2.24) is 20.1 Å². The van der Waals surface area contributed by atoms with Crippen LogP contribution in [0.1, 0.15) is 33.7 Å². The Kier molecular flexibility index (Phi) is 4.54. The fourth-order valence-electron chi connectivity index (χ4n) is 2.09. The molecule has 2 heterocycles. The smallest absolute Gasteiger partial charge is 0.263 e. The van der Waals surface area contributed by atoms with Crippen molar-refractivity contribution in [2.75, 3.05) is 6.54 Å². The van der Waals surface area contributed by atoms with Crippen LogP contribution in [0.3, 0.4) is 0 Å². The minimum atomic E-state index is -0.0368. The SMILES string of the molecule is Cc1cc(C)n(C[C@H](C)CNC(=O)c2scnc2C)n1. The maximum absolute atomic E-state index is 12.0. The van der Waals surface area contributed by atoms with Crippen LogP contribution in [-0.2, 0) is 6.54 Å². The Morgan fingerprint density at radius 1 is 1.45 bits per heavy atom. The monoisotopic (exact) mass is 292 g/mol. The van der Waals surface area contributed by atoms with Crippen LogP contribution in [-0.4, -0.2) is 27.2 Å². The lowest BCUT2D eigenvalue weighted by Gasteiger charge is -2.13. The Labute approximate surface area is 123 Å². The number of carbonyl (C=O) groups is 1. The Bertz CT molecular complexity index is 602. The van der Waals surface area contributed by atoms with Gasteiger partial charge in [-0.1, -0.05) is 6.92 Å². The number of aryl methyl sites for hydroxylation is 3. The molecule has 0 bridgehead atoms. The molecule has 1 atom stereocenters. The Morgan fingerprint density at radius 3 is 2.75 bits per heavy atom. The van der Waals surface area contributed by atoms with Crippen molar-refractivity contribution in [2.24, 2.45) is 5.92 Å². The van der Waals surface area contributed by atoms with E-state index in [1.54, 1.807) is 5.51 Å². The number of thiazole rings is 1. The van der Waals surface area contributed by atoms with Gasteiger partial charge in [-0.05, 0) is 32.8 Å². The second kappa shape index (κ2) is 6.17. The molecule has 0 unspecified atom stereocenters. The molecular formula is C14H20N4OS. The van der Waals surface area contributed by atoms with Gasteiger partial charge in [-0.25, -0.2) is 4.98 Å². The van der Waals surface area contributed by atoms with E-state index in [0.717, 1.165) is 23.6 Å². The lowest BCUT2D eigenvalue weighted by Crippen LogP contribution is -2.30. The van der Waals surface area contributed by atoms with Gasteiger partial charge in [0.15, 0.2) is 0 Å². The quantitative estimate of drug-likeness (QED) is 0.920. The normalized spacial score (nSPS) is 12.4. The largest absolute Gasteiger partial charge is 0.351 e. The molecule has 108 valence electrons. The van der Waals surface area contributed by atoms with E-state index >= 15 is 0 Å². The zero-order valence-corrected chi connectivity index (χ0v) is 13.1. The van der Waals surface area contributed by atoms with Crippen molar-refractivity contribution in [3.05, 3.63) is 33.5 Å². The van der Waals surface area contributed by atoms with Crippen molar-refractivity contribution in [3.63, 3.8) is 0 Å². The van der Waals surface area contributed by atoms with Gasteiger partial charge < -0.3 is 5.32 Å². The van der Waals surface area contributed by atoms with E-state index in [9.17, 15) is 4.79 Å². The minimum Gasteiger partial charge on any atom is -0.351 e. The highest BCUT2D eigenvalue weighted by Gasteiger charge is 2.13. The lowest BCUT2D eigenvalue weighted by molar-refractivity contribution is 0.0950. The third-order valence-corrected chi connectivity index (χ3v) is 4.08. The number of rotatable bonds is 5. The first kappa shape index (κ1) is 14.7. The Balaban J connectivity index is 1.86. The first-order valence-electron chi connectivity index (χ1n) is 6.66. The third-order valence-electron chi connectivity index (χ3n) is 3.15. The van der Waals surface area contributed by atoms with Gasteiger partial charge >= 0.3 is 0 Å². The van der Waals surface area contributed by atoms with Crippen LogP contribution < -0.4 is 5.32 Å². The van der Waals surface area contributed by atoms with Crippen LogP contribution in [0, 0.1) is 26.7 Å². The minimum absolute atomic E-state index is 0.0368. The highest BCUT2D eigenvalue weighted by Crippen LogP contribution is 2.12. The van der Waals surface area contributed by atoms with Crippen molar-refractivity contribution in [1.29, 1.82) is 0 Å². The van der Waals surface area contributed by atoms with Gasteiger partial charge in [0.05, 0.1) is 16.9 Å². The summed E-state index contributed by atoms with van der Waals surface area (Å²) in [5.74, 6) is 0.287. The molecule has 0 aliphatic heterocycles. The van der Waals surface area contributed by atoms with Crippen molar-refractivity contribution in [3.8, 4) is 0 Å². The zero-order chi connectivity index (χ0) is 14.7. The summed E-state index contributed by atoms with van der Waals surface area (Å²) in [6, 6.07) is 2.06. The average molecular weight is 292 g/mol. The maximum Gasteiger partial charge on any atom is 0.263 e. The van der Waals surface area contributed by atoms with Crippen molar-refractivity contribution >= 4 is 17.2 Å². The summed E-state index contributed by atoms with van der Waals surface area (Å²) in [5.41, 5.74) is 4.67. The van der Waals surface area contributed by atoms with Crippen molar-refractivity contribution in [2.45, 2.75) is 34.2 Å². The molecule has 0 saturated heterocycles. The van der Waals surface area contributed by atoms with Crippen LogP contribution in [0.15, 0.2) is 11.6 Å². The summed E-state index contributed by atoms with van der Waals surface area (Å²) < 4.78 is 1.99. The Morgan fingerprint density at radius 2 is 2.20 bits per heavy atom. The molecule has 1 N–H and O–H groups in total. The van der Waals surface area contributed by atoms with E-state index < -0.39 is 0 Å². The molecule has 0 aromatic carbocycles. The molecule has 0 saturated carbocycles. The summed E-state index contributed by atoms with van der Waals surface area (Å²) in [6.07, 6.45) is 0. The van der Waals surface area contributed by atoms with E-state index in [1.807, 2.05) is 25.5 Å². The number of hydrogen-bond donors (Lipinski definition) is 1.